The zero-order valence-electron chi connectivity index (χ0n) is 12.7. The maximum atomic E-state index is 12.6. The lowest BCUT2D eigenvalue weighted by molar-refractivity contribution is -0.137. The van der Waals surface area contributed by atoms with Gasteiger partial charge in [0.15, 0.2) is 5.78 Å². The summed E-state index contributed by atoms with van der Waals surface area (Å²) in [7, 11) is 0. The zero-order valence-corrected chi connectivity index (χ0v) is 12.7. The van der Waals surface area contributed by atoms with Crippen molar-refractivity contribution in [3.63, 3.8) is 0 Å². The van der Waals surface area contributed by atoms with Crippen molar-refractivity contribution in [2.45, 2.75) is 32.0 Å². The molecule has 1 aliphatic heterocycles. The molecule has 1 aliphatic rings. The van der Waals surface area contributed by atoms with E-state index in [2.05, 4.69) is 0 Å². The number of ether oxygens (including phenoxy) is 1. The Morgan fingerprint density at radius 3 is 2.22 bits per heavy atom. The highest BCUT2D eigenvalue weighted by Crippen LogP contribution is 2.37. The van der Waals surface area contributed by atoms with Crippen LogP contribution in [0.25, 0.3) is 11.1 Å². The summed E-state index contributed by atoms with van der Waals surface area (Å²) in [5.41, 5.74) is 0.595. The van der Waals surface area contributed by atoms with Gasteiger partial charge in [-0.1, -0.05) is 18.2 Å². The maximum Gasteiger partial charge on any atom is 0.416 e. The first-order valence-electron chi connectivity index (χ1n) is 7.20. The van der Waals surface area contributed by atoms with Gasteiger partial charge in [0, 0.05) is 0 Å². The quantitative estimate of drug-likeness (QED) is 0.729. The number of rotatable bonds is 1. The van der Waals surface area contributed by atoms with Crippen LogP contribution in [0.2, 0.25) is 0 Å². The molecule has 2 nitrogen and oxygen atoms in total. The van der Waals surface area contributed by atoms with E-state index in [0.29, 0.717) is 28.9 Å². The molecule has 0 bridgehead atoms. The summed E-state index contributed by atoms with van der Waals surface area (Å²) in [5, 5.41) is 0. The van der Waals surface area contributed by atoms with Gasteiger partial charge in [0.2, 0.25) is 0 Å². The summed E-state index contributed by atoms with van der Waals surface area (Å²) in [5.74, 6) is 0.485. The van der Waals surface area contributed by atoms with E-state index < -0.39 is 17.3 Å². The molecule has 0 aliphatic carbocycles. The molecule has 0 N–H and O–H groups in total. The van der Waals surface area contributed by atoms with Crippen molar-refractivity contribution in [2.75, 3.05) is 0 Å². The first-order valence-corrected chi connectivity index (χ1v) is 7.20. The Hall–Kier alpha value is -2.30. The number of alkyl halides is 3. The molecule has 1 heterocycles. The minimum atomic E-state index is -4.35. The van der Waals surface area contributed by atoms with Gasteiger partial charge >= 0.3 is 6.18 Å². The Morgan fingerprint density at radius 1 is 1.00 bits per heavy atom. The summed E-state index contributed by atoms with van der Waals surface area (Å²) in [6.45, 7) is 3.66. The summed E-state index contributed by atoms with van der Waals surface area (Å²) < 4.78 is 43.7. The van der Waals surface area contributed by atoms with Crippen LogP contribution in [0.4, 0.5) is 13.2 Å². The lowest BCUT2D eigenvalue weighted by atomic mass is 9.91. The molecule has 0 amide bonds. The molecular weight excluding hydrogens is 305 g/mol. The average Bonchev–Trinajstić information content (AvgIpc) is 2.44. The molecule has 0 saturated heterocycles. The third kappa shape index (κ3) is 3.09. The van der Waals surface area contributed by atoms with Gasteiger partial charge in [-0.15, -0.1) is 0 Å². The van der Waals surface area contributed by atoms with Gasteiger partial charge < -0.3 is 4.74 Å². The zero-order chi connectivity index (χ0) is 16.8. The van der Waals surface area contributed by atoms with Crippen LogP contribution in [0.5, 0.6) is 5.75 Å². The molecule has 3 rings (SSSR count). The summed E-state index contributed by atoms with van der Waals surface area (Å²) in [6, 6.07) is 10.0. The number of carbonyl (C=O) groups excluding carboxylic acids is 1. The van der Waals surface area contributed by atoms with Crippen molar-refractivity contribution in [3.8, 4) is 16.9 Å². The second-order valence-electron chi connectivity index (χ2n) is 6.25. The van der Waals surface area contributed by atoms with Crippen LogP contribution in [-0.4, -0.2) is 11.4 Å². The Labute approximate surface area is 131 Å². The van der Waals surface area contributed by atoms with Gasteiger partial charge in [-0.2, -0.15) is 13.2 Å². The predicted octanol–water partition coefficient (Wildman–Crippen LogP) is 5.12. The molecule has 2 aromatic carbocycles. The van der Waals surface area contributed by atoms with Crippen molar-refractivity contribution in [2.24, 2.45) is 0 Å². The van der Waals surface area contributed by atoms with Crippen molar-refractivity contribution in [3.05, 3.63) is 53.6 Å². The number of carbonyl (C=O) groups is 1. The Kier molecular flexibility index (Phi) is 3.47. The molecule has 0 atom stereocenters. The third-order valence-electron chi connectivity index (χ3n) is 3.80. The summed E-state index contributed by atoms with van der Waals surface area (Å²) >= 11 is 0. The van der Waals surface area contributed by atoms with Gasteiger partial charge in [0.1, 0.15) is 11.4 Å². The topological polar surface area (TPSA) is 26.3 Å². The molecule has 2 aromatic rings. The van der Waals surface area contributed by atoms with Gasteiger partial charge in [-0.05, 0) is 49.2 Å². The second kappa shape index (κ2) is 5.11. The molecule has 0 aromatic heterocycles. The standard InChI is InChI=1S/C18H15F3O2/c1-17(2)10-15(22)14-8-5-12(9-16(14)23-17)11-3-6-13(7-4-11)18(19,20)21/h3-9H,10H2,1-2H3. The fourth-order valence-corrected chi connectivity index (χ4v) is 2.68. The second-order valence-corrected chi connectivity index (χ2v) is 6.25. The number of benzene rings is 2. The lowest BCUT2D eigenvalue weighted by Gasteiger charge is -2.31. The van der Waals surface area contributed by atoms with E-state index in [-0.39, 0.29) is 5.78 Å². The molecule has 0 radical (unpaired) electrons. The molecule has 120 valence electrons. The lowest BCUT2D eigenvalue weighted by Crippen LogP contribution is -2.35. The number of Topliss-reactive ketones (excluding diaryl/α,β-unsaturated/α-hetero) is 1. The normalized spacial score (nSPS) is 16.7. The van der Waals surface area contributed by atoms with Gasteiger partial charge in [-0.25, -0.2) is 0 Å². The Morgan fingerprint density at radius 2 is 1.61 bits per heavy atom. The molecule has 23 heavy (non-hydrogen) atoms. The number of ketones is 1. The maximum absolute atomic E-state index is 12.6. The molecule has 5 heteroatoms. The average molecular weight is 320 g/mol. The van der Waals surface area contributed by atoms with E-state index in [0.717, 1.165) is 12.1 Å². The molecule has 0 fully saturated rings. The molecule has 0 unspecified atom stereocenters. The van der Waals surface area contributed by atoms with E-state index in [1.165, 1.54) is 12.1 Å². The van der Waals surface area contributed by atoms with Gasteiger partial charge in [0.25, 0.3) is 0 Å². The fourth-order valence-electron chi connectivity index (χ4n) is 2.68. The minimum absolute atomic E-state index is 0.00946. The molecular formula is C18H15F3O2. The van der Waals surface area contributed by atoms with Crippen molar-refractivity contribution in [1.29, 1.82) is 0 Å². The Bertz CT molecular complexity index is 759. The van der Waals surface area contributed by atoms with E-state index in [9.17, 15) is 18.0 Å². The number of hydrogen-bond acceptors (Lipinski definition) is 2. The minimum Gasteiger partial charge on any atom is -0.487 e. The highest BCUT2D eigenvalue weighted by Gasteiger charge is 2.33. The first-order chi connectivity index (χ1) is 10.7. The van der Waals surface area contributed by atoms with E-state index in [1.54, 1.807) is 18.2 Å². The Balaban J connectivity index is 1.98. The monoisotopic (exact) mass is 320 g/mol. The van der Waals surface area contributed by atoms with Crippen LogP contribution >= 0.6 is 0 Å². The van der Waals surface area contributed by atoms with E-state index in [4.69, 9.17) is 4.74 Å². The molecule has 0 saturated carbocycles. The van der Waals surface area contributed by atoms with Crippen LogP contribution in [-0.2, 0) is 6.18 Å². The highest BCUT2D eigenvalue weighted by atomic mass is 19.4. The van der Waals surface area contributed by atoms with Gasteiger partial charge in [-0.3, -0.25) is 4.79 Å². The summed E-state index contributed by atoms with van der Waals surface area (Å²) in [4.78, 5) is 12.1. The fraction of sp³-hybridized carbons (Fsp3) is 0.278. The van der Waals surface area contributed by atoms with Crippen LogP contribution in [0.3, 0.4) is 0 Å². The number of fused-ring (bicyclic) bond motifs is 1. The number of hydrogen-bond donors (Lipinski definition) is 0. The van der Waals surface area contributed by atoms with Crippen molar-refractivity contribution < 1.29 is 22.7 Å². The largest absolute Gasteiger partial charge is 0.487 e. The van der Waals surface area contributed by atoms with Crippen molar-refractivity contribution in [1.82, 2.24) is 0 Å². The van der Waals surface area contributed by atoms with Gasteiger partial charge in [0.05, 0.1) is 17.5 Å². The SMILES string of the molecule is CC1(C)CC(=O)c2ccc(-c3ccc(C(F)(F)F)cc3)cc2O1. The highest BCUT2D eigenvalue weighted by molar-refractivity contribution is 6.00. The molecule has 0 spiro atoms. The van der Waals surface area contributed by atoms with Crippen LogP contribution < -0.4 is 4.74 Å². The first kappa shape index (κ1) is 15.6. The van der Waals surface area contributed by atoms with Crippen molar-refractivity contribution >= 4 is 5.78 Å². The van der Waals surface area contributed by atoms with E-state index in [1.807, 2.05) is 13.8 Å². The number of halogens is 3. The van der Waals surface area contributed by atoms with E-state index >= 15 is 0 Å². The summed E-state index contributed by atoms with van der Waals surface area (Å²) in [6.07, 6.45) is -4.05. The third-order valence-corrected chi connectivity index (χ3v) is 3.80. The predicted molar refractivity (Wildman–Crippen MR) is 80.5 cm³/mol. The van der Waals surface area contributed by atoms with Crippen LogP contribution in [0.1, 0.15) is 36.2 Å². The smallest absolute Gasteiger partial charge is 0.416 e. The van der Waals surface area contributed by atoms with Crippen LogP contribution in [0.15, 0.2) is 42.5 Å². The van der Waals surface area contributed by atoms with Crippen LogP contribution in [0, 0.1) is 0 Å².